The van der Waals surface area contributed by atoms with Crippen molar-refractivity contribution in [3.8, 4) is 0 Å². The summed E-state index contributed by atoms with van der Waals surface area (Å²) in [6.07, 6.45) is 4.87. The van der Waals surface area contributed by atoms with Gasteiger partial charge in [-0.05, 0) is 48.0 Å². The van der Waals surface area contributed by atoms with E-state index < -0.39 is 10.0 Å². The lowest BCUT2D eigenvalue weighted by atomic mass is 10.0. The number of fused-ring (bicyclic) bond motifs is 1. The summed E-state index contributed by atoms with van der Waals surface area (Å²) in [7, 11) is -1.59. The maximum atomic E-state index is 12.8. The summed E-state index contributed by atoms with van der Waals surface area (Å²) in [5, 5.41) is 0. The molecule has 7 nitrogen and oxygen atoms in total. The van der Waals surface area contributed by atoms with Crippen molar-refractivity contribution >= 4 is 44.9 Å². The first-order valence-corrected chi connectivity index (χ1v) is 11.6. The fourth-order valence-corrected chi connectivity index (χ4v) is 4.69. The van der Waals surface area contributed by atoms with Gasteiger partial charge in [-0.2, -0.15) is 0 Å². The Kier molecular flexibility index (Phi) is 4.33. The molecule has 31 heavy (non-hydrogen) atoms. The lowest BCUT2D eigenvalue weighted by Crippen LogP contribution is -2.19. The minimum atomic E-state index is -3.37. The Morgan fingerprint density at radius 3 is 2.68 bits per heavy atom. The van der Waals surface area contributed by atoms with Gasteiger partial charge in [0.25, 0.3) is 5.91 Å². The summed E-state index contributed by atoms with van der Waals surface area (Å²) < 4.78 is 25.8. The lowest BCUT2D eigenvalue weighted by Gasteiger charge is -2.26. The van der Waals surface area contributed by atoms with Crippen LogP contribution in [0.5, 0.6) is 0 Å². The molecule has 1 N–H and O–H groups in total. The van der Waals surface area contributed by atoms with E-state index in [1.807, 2.05) is 54.6 Å². The van der Waals surface area contributed by atoms with Crippen molar-refractivity contribution in [3.63, 3.8) is 0 Å². The van der Waals surface area contributed by atoms with E-state index in [1.165, 1.54) is 0 Å². The van der Waals surface area contributed by atoms with Gasteiger partial charge >= 0.3 is 0 Å². The number of carbonyl (C=O) groups excluding carboxylic acids is 1. The maximum Gasteiger partial charge on any atom is 0.258 e. The predicted molar refractivity (Wildman–Crippen MR) is 121 cm³/mol. The topological polar surface area (TPSA) is 82.6 Å². The maximum absolute atomic E-state index is 12.8. The summed E-state index contributed by atoms with van der Waals surface area (Å²) in [5.41, 5.74) is 5.61. The highest BCUT2D eigenvalue weighted by Crippen LogP contribution is 2.45. The van der Waals surface area contributed by atoms with E-state index in [-0.39, 0.29) is 5.91 Å². The minimum Gasteiger partial charge on any atom is -0.321 e. The van der Waals surface area contributed by atoms with E-state index in [0.29, 0.717) is 17.8 Å². The summed E-state index contributed by atoms with van der Waals surface area (Å²) >= 11 is 0. The molecule has 5 rings (SSSR count). The third kappa shape index (κ3) is 3.34. The fourth-order valence-electron chi connectivity index (χ4n) is 4.14. The molecule has 0 unspecified atom stereocenters. The van der Waals surface area contributed by atoms with E-state index in [2.05, 4.69) is 14.6 Å². The molecule has 3 aromatic rings. The van der Waals surface area contributed by atoms with E-state index in [1.54, 1.807) is 24.2 Å². The number of anilines is 3. The van der Waals surface area contributed by atoms with Crippen LogP contribution in [0.3, 0.4) is 0 Å². The van der Waals surface area contributed by atoms with E-state index >= 15 is 0 Å². The van der Waals surface area contributed by atoms with Crippen LogP contribution < -0.4 is 9.62 Å². The highest BCUT2D eigenvalue weighted by molar-refractivity contribution is 7.92. The van der Waals surface area contributed by atoms with Gasteiger partial charge in [-0.3, -0.25) is 9.52 Å². The number of hydrogen-bond acceptors (Lipinski definition) is 5. The molecule has 8 heteroatoms. The lowest BCUT2D eigenvalue weighted by molar-refractivity contribution is 0.0875. The molecule has 0 spiro atoms. The number of nitrogens with zero attached hydrogens (tertiary/aromatic N) is 3. The van der Waals surface area contributed by atoms with Gasteiger partial charge in [0.1, 0.15) is 5.82 Å². The van der Waals surface area contributed by atoms with Crippen LogP contribution in [0.25, 0.3) is 11.8 Å². The van der Waals surface area contributed by atoms with Gasteiger partial charge in [-0.25, -0.2) is 13.4 Å². The van der Waals surface area contributed by atoms with Crippen molar-refractivity contribution in [1.82, 2.24) is 9.88 Å². The number of sulfonamides is 1. The zero-order valence-corrected chi connectivity index (χ0v) is 17.8. The van der Waals surface area contributed by atoms with Gasteiger partial charge < -0.3 is 9.80 Å². The largest absolute Gasteiger partial charge is 0.321 e. The molecule has 0 radical (unpaired) electrons. The predicted octanol–water partition coefficient (Wildman–Crippen LogP) is 3.69. The van der Waals surface area contributed by atoms with Crippen molar-refractivity contribution in [2.24, 2.45) is 0 Å². The number of rotatable bonds is 4. The Labute approximate surface area is 180 Å². The van der Waals surface area contributed by atoms with Crippen LogP contribution in [0.15, 0.2) is 60.8 Å². The zero-order valence-electron chi connectivity index (χ0n) is 17.0. The van der Waals surface area contributed by atoms with Gasteiger partial charge in [0, 0.05) is 36.6 Å². The molecule has 0 atom stereocenters. The zero-order chi connectivity index (χ0) is 21.8. The highest BCUT2D eigenvalue weighted by atomic mass is 32.2. The van der Waals surface area contributed by atoms with Gasteiger partial charge in [-0.15, -0.1) is 0 Å². The first-order chi connectivity index (χ1) is 14.8. The molecular weight excluding hydrogens is 412 g/mol. The van der Waals surface area contributed by atoms with Crippen molar-refractivity contribution in [1.29, 1.82) is 0 Å². The first kappa shape index (κ1) is 19.3. The molecule has 3 heterocycles. The second-order valence-electron chi connectivity index (χ2n) is 7.67. The Hall–Kier alpha value is -3.65. The van der Waals surface area contributed by atoms with Crippen LogP contribution in [0.4, 0.5) is 17.2 Å². The second-order valence-corrected chi connectivity index (χ2v) is 9.42. The van der Waals surface area contributed by atoms with Crippen LogP contribution in [-0.4, -0.2) is 37.5 Å². The quantitative estimate of drug-likeness (QED) is 0.680. The molecule has 0 saturated heterocycles. The second kappa shape index (κ2) is 6.95. The van der Waals surface area contributed by atoms with Crippen LogP contribution in [0, 0.1) is 0 Å². The average Bonchev–Trinajstić information content (AvgIpc) is 2.89. The highest BCUT2D eigenvalue weighted by Gasteiger charge is 2.35. The summed E-state index contributed by atoms with van der Waals surface area (Å²) in [4.78, 5) is 21.2. The SMILES string of the molecule is CN1C(=O)c2cccc3c2C1=Cc1cccnc1N3Cc1cccc(NS(C)(=O)=O)c1. The third-order valence-electron chi connectivity index (χ3n) is 5.42. The summed E-state index contributed by atoms with van der Waals surface area (Å²) in [5.74, 6) is 0.745. The molecule has 2 aliphatic rings. The summed E-state index contributed by atoms with van der Waals surface area (Å²) in [6, 6.07) is 16.8. The molecule has 2 aliphatic heterocycles. The molecule has 0 saturated carbocycles. The Morgan fingerprint density at radius 2 is 1.87 bits per heavy atom. The Balaban J connectivity index is 1.65. The van der Waals surface area contributed by atoms with Crippen molar-refractivity contribution in [2.45, 2.75) is 6.54 Å². The van der Waals surface area contributed by atoms with Crippen LogP contribution in [0.1, 0.15) is 27.0 Å². The van der Waals surface area contributed by atoms with E-state index in [4.69, 9.17) is 0 Å². The number of pyridine rings is 1. The molecular formula is C23H20N4O3S. The molecule has 0 fully saturated rings. The van der Waals surface area contributed by atoms with Crippen LogP contribution in [-0.2, 0) is 16.6 Å². The standard InChI is InChI=1S/C23H20N4O3S/c1-26-20-13-16-7-5-11-24-22(16)27(19-10-4-9-18(21(19)20)23(26)28)14-15-6-3-8-17(12-15)25-31(2,29)30/h3-13,25H,14H2,1-2H3. The average molecular weight is 433 g/mol. The monoisotopic (exact) mass is 432 g/mol. The van der Waals surface area contributed by atoms with E-state index in [9.17, 15) is 13.2 Å². The normalized spacial score (nSPS) is 14.6. The molecule has 0 aliphatic carbocycles. The minimum absolute atomic E-state index is 0.0326. The molecule has 156 valence electrons. The first-order valence-electron chi connectivity index (χ1n) is 9.74. The smallest absolute Gasteiger partial charge is 0.258 e. The number of amides is 1. The molecule has 1 aromatic heterocycles. The van der Waals surface area contributed by atoms with Crippen LogP contribution in [0.2, 0.25) is 0 Å². The van der Waals surface area contributed by atoms with Gasteiger partial charge in [0.05, 0.1) is 23.2 Å². The number of carbonyl (C=O) groups is 1. The van der Waals surface area contributed by atoms with E-state index in [0.717, 1.165) is 40.1 Å². The number of aromatic nitrogens is 1. The molecule has 0 bridgehead atoms. The Morgan fingerprint density at radius 1 is 1.06 bits per heavy atom. The van der Waals surface area contributed by atoms with Gasteiger partial charge in [-0.1, -0.05) is 18.2 Å². The van der Waals surface area contributed by atoms with Crippen LogP contribution >= 0.6 is 0 Å². The number of nitrogens with one attached hydrogen (secondary N) is 1. The fraction of sp³-hybridized carbons (Fsp3) is 0.130. The van der Waals surface area contributed by atoms with Crippen molar-refractivity contribution in [3.05, 3.63) is 83.0 Å². The number of hydrogen-bond donors (Lipinski definition) is 1. The third-order valence-corrected chi connectivity index (χ3v) is 6.03. The van der Waals surface area contributed by atoms with Crippen molar-refractivity contribution in [2.75, 3.05) is 22.9 Å². The summed E-state index contributed by atoms with van der Waals surface area (Å²) in [6.45, 7) is 0.457. The Bertz CT molecular complexity index is 1360. The van der Waals surface area contributed by atoms with Gasteiger partial charge in [0.2, 0.25) is 10.0 Å². The number of benzene rings is 2. The molecule has 1 amide bonds. The molecule has 2 aromatic carbocycles. The van der Waals surface area contributed by atoms with Crippen molar-refractivity contribution < 1.29 is 13.2 Å². The van der Waals surface area contributed by atoms with Gasteiger partial charge in [0.15, 0.2) is 0 Å².